The van der Waals surface area contributed by atoms with Gasteiger partial charge in [-0.1, -0.05) is 23.2 Å². The SMILES string of the molecule is Nc1c(Cl)cc(C(=O)Cc2cc(Br)cs2)cc1Cl. The number of anilines is 1. The molecule has 0 radical (unpaired) electrons. The van der Waals surface area contributed by atoms with Crippen molar-refractivity contribution in [1.29, 1.82) is 0 Å². The zero-order valence-corrected chi connectivity index (χ0v) is 13.0. The van der Waals surface area contributed by atoms with E-state index in [9.17, 15) is 4.79 Å². The summed E-state index contributed by atoms with van der Waals surface area (Å²) in [6.45, 7) is 0. The van der Waals surface area contributed by atoms with Gasteiger partial charge in [0, 0.05) is 26.7 Å². The summed E-state index contributed by atoms with van der Waals surface area (Å²) < 4.78 is 0.976. The van der Waals surface area contributed by atoms with Crippen molar-refractivity contribution < 1.29 is 4.79 Å². The number of nitrogens with two attached hydrogens (primary N) is 1. The number of carbonyl (C=O) groups excluding carboxylic acids is 1. The first kappa shape index (κ1) is 13.9. The Hall–Kier alpha value is -0.550. The van der Waals surface area contributed by atoms with Crippen molar-refractivity contribution in [3.05, 3.63) is 48.5 Å². The third-order valence-electron chi connectivity index (χ3n) is 2.36. The highest BCUT2D eigenvalue weighted by atomic mass is 79.9. The molecule has 2 N–H and O–H groups in total. The third-order valence-corrected chi connectivity index (χ3v) is 4.68. The first-order chi connectivity index (χ1) is 8.47. The summed E-state index contributed by atoms with van der Waals surface area (Å²) in [7, 11) is 0. The van der Waals surface area contributed by atoms with E-state index in [1.54, 1.807) is 12.1 Å². The Morgan fingerprint density at radius 2 is 1.89 bits per heavy atom. The molecule has 0 aliphatic rings. The number of hydrogen-bond acceptors (Lipinski definition) is 3. The number of carbonyl (C=O) groups is 1. The van der Waals surface area contributed by atoms with E-state index in [0.29, 0.717) is 27.7 Å². The Labute approximate surface area is 127 Å². The van der Waals surface area contributed by atoms with E-state index in [0.717, 1.165) is 9.35 Å². The highest BCUT2D eigenvalue weighted by Crippen LogP contribution is 2.30. The van der Waals surface area contributed by atoms with Crippen LogP contribution in [0.4, 0.5) is 5.69 Å². The van der Waals surface area contributed by atoms with Crippen LogP contribution in [0.25, 0.3) is 0 Å². The molecule has 0 unspecified atom stereocenters. The average molecular weight is 365 g/mol. The summed E-state index contributed by atoms with van der Waals surface area (Å²) in [5, 5.41) is 2.54. The van der Waals surface area contributed by atoms with Gasteiger partial charge in [0.15, 0.2) is 5.78 Å². The van der Waals surface area contributed by atoms with E-state index >= 15 is 0 Å². The first-order valence-corrected chi connectivity index (χ1v) is 7.41. The second kappa shape index (κ2) is 5.61. The van der Waals surface area contributed by atoms with Crippen LogP contribution in [0.3, 0.4) is 0 Å². The molecule has 1 heterocycles. The second-order valence-electron chi connectivity index (χ2n) is 3.68. The number of halogens is 3. The number of thiophene rings is 1. The molecule has 0 spiro atoms. The number of ketones is 1. The Bertz CT molecular complexity index is 589. The lowest BCUT2D eigenvalue weighted by molar-refractivity contribution is 0.0994. The number of hydrogen-bond donors (Lipinski definition) is 1. The molecule has 0 saturated heterocycles. The molecule has 18 heavy (non-hydrogen) atoms. The maximum atomic E-state index is 12.1. The van der Waals surface area contributed by atoms with Gasteiger partial charge in [0.1, 0.15) is 0 Å². The van der Waals surface area contributed by atoms with Crippen molar-refractivity contribution in [2.75, 3.05) is 5.73 Å². The average Bonchev–Trinajstić information content (AvgIpc) is 2.71. The van der Waals surface area contributed by atoms with E-state index in [2.05, 4.69) is 15.9 Å². The molecule has 1 aromatic heterocycles. The summed E-state index contributed by atoms with van der Waals surface area (Å²) in [6, 6.07) is 5.02. The zero-order chi connectivity index (χ0) is 13.3. The van der Waals surface area contributed by atoms with E-state index in [1.807, 2.05) is 11.4 Å². The molecule has 2 aromatic rings. The molecule has 2 nitrogen and oxygen atoms in total. The normalized spacial score (nSPS) is 10.6. The minimum Gasteiger partial charge on any atom is -0.396 e. The first-order valence-electron chi connectivity index (χ1n) is 4.98. The van der Waals surface area contributed by atoms with E-state index < -0.39 is 0 Å². The van der Waals surface area contributed by atoms with Gasteiger partial charge in [-0.3, -0.25) is 4.79 Å². The Morgan fingerprint density at radius 3 is 2.39 bits per heavy atom. The van der Waals surface area contributed by atoms with Crippen LogP contribution in [0.15, 0.2) is 28.1 Å². The Kier molecular flexibility index (Phi) is 4.33. The van der Waals surface area contributed by atoms with Gasteiger partial charge in [0.05, 0.1) is 15.7 Å². The summed E-state index contributed by atoms with van der Waals surface area (Å²) in [5.74, 6) is -0.0341. The molecular weight excluding hydrogens is 357 g/mol. The number of nitrogen functional groups attached to an aromatic ring is 1. The molecule has 1 aromatic carbocycles. The van der Waals surface area contributed by atoms with Gasteiger partial charge >= 0.3 is 0 Å². The van der Waals surface area contributed by atoms with Crippen molar-refractivity contribution in [1.82, 2.24) is 0 Å². The molecule has 0 saturated carbocycles. The molecular formula is C12H8BrCl2NOS. The quantitative estimate of drug-likeness (QED) is 0.626. The second-order valence-corrected chi connectivity index (χ2v) is 6.41. The van der Waals surface area contributed by atoms with Crippen molar-refractivity contribution in [3.8, 4) is 0 Å². The van der Waals surface area contributed by atoms with Crippen molar-refractivity contribution in [2.24, 2.45) is 0 Å². The molecule has 0 atom stereocenters. The smallest absolute Gasteiger partial charge is 0.168 e. The Balaban J connectivity index is 2.24. The zero-order valence-electron chi connectivity index (χ0n) is 9.04. The largest absolute Gasteiger partial charge is 0.396 e. The maximum absolute atomic E-state index is 12.1. The fraction of sp³-hybridized carbons (Fsp3) is 0.0833. The number of benzene rings is 1. The van der Waals surface area contributed by atoms with E-state index in [-0.39, 0.29) is 5.78 Å². The van der Waals surface area contributed by atoms with Crippen molar-refractivity contribution in [3.63, 3.8) is 0 Å². The molecule has 0 aliphatic carbocycles. The van der Waals surface area contributed by atoms with Crippen LogP contribution < -0.4 is 5.73 Å². The molecule has 0 aliphatic heterocycles. The topological polar surface area (TPSA) is 43.1 Å². The summed E-state index contributed by atoms with van der Waals surface area (Å²) >= 11 is 16.7. The highest BCUT2D eigenvalue weighted by Gasteiger charge is 2.12. The third kappa shape index (κ3) is 3.06. The van der Waals surface area contributed by atoms with Crippen LogP contribution in [0.2, 0.25) is 10.0 Å². The van der Waals surface area contributed by atoms with Gasteiger partial charge in [-0.15, -0.1) is 11.3 Å². The number of rotatable bonds is 3. The van der Waals surface area contributed by atoms with Crippen LogP contribution in [0, 0.1) is 0 Å². The number of Topliss-reactive ketones (excluding diaryl/α,β-unsaturated/α-hetero) is 1. The summed E-state index contributed by atoms with van der Waals surface area (Å²) in [6.07, 6.45) is 0.326. The molecule has 2 rings (SSSR count). The minimum atomic E-state index is -0.0341. The molecule has 0 amide bonds. The predicted octanol–water partition coefficient (Wildman–Crippen LogP) is 4.83. The molecule has 94 valence electrons. The maximum Gasteiger partial charge on any atom is 0.168 e. The van der Waals surface area contributed by atoms with Gasteiger partial charge in [0.25, 0.3) is 0 Å². The van der Waals surface area contributed by atoms with E-state index in [1.165, 1.54) is 11.3 Å². The van der Waals surface area contributed by atoms with Crippen LogP contribution >= 0.6 is 50.5 Å². The van der Waals surface area contributed by atoms with Gasteiger partial charge in [-0.2, -0.15) is 0 Å². The van der Waals surface area contributed by atoms with Crippen molar-refractivity contribution >= 4 is 61.9 Å². The van der Waals surface area contributed by atoms with Gasteiger partial charge in [-0.05, 0) is 34.1 Å². The Morgan fingerprint density at radius 1 is 1.28 bits per heavy atom. The molecule has 0 bridgehead atoms. The summed E-state index contributed by atoms with van der Waals surface area (Å²) in [4.78, 5) is 13.1. The van der Waals surface area contributed by atoms with Crippen LogP contribution in [-0.2, 0) is 6.42 Å². The fourth-order valence-corrected chi connectivity index (χ4v) is 3.39. The highest BCUT2D eigenvalue weighted by molar-refractivity contribution is 9.10. The van der Waals surface area contributed by atoms with E-state index in [4.69, 9.17) is 28.9 Å². The molecule has 0 fully saturated rings. The lowest BCUT2D eigenvalue weighted by atomic mass is 10.1. The summed E-state index contributed by atoms with van der Waals surface area (Å²) in [5.41, 5.74) is 6.40. The van der Waals surface area contributed by atoms with Crippen LogP contribution in [0.5, 0.6) is 0 Å². The van der Waals surface area contributed by atoms with Gasteiger partial charge in [-0.25, -0.2) is 0 Å². The van der Waals surface area contributed by atoms with Crippen LogP contribution in [-0.4, -0.2) is 5.78 Å². The monoisotopic (exact) mass is 363 g/mol. The van der Waals surface area contributed by atoms with Gasteiger partial charge in [0.2, 0.25) is 0 Å². The molecule has 6 heteroatoms. The fourth-order valence-electron chi connectivity index (χ4n) is 1.45. The van der Waals surface area contributed by atoms with Crippen molar-refractivity contribution in [2.45, 2.75) is 6.42 Å². The predicted molar refractivity (Wildman–Crippen MR) is 80.9 cm³/mol. The van der Waals surface area contributed by atoms with Gasteiger partial charge < -0.3 is 5.73 Å². The minimum absolute atomic E-state index is 0.0341. The lowest BCUT2D eigenvalue weighted by Gasteiger charge is -2.05. The lowest BCUT2D eigenvalue weighted by Crippen LogP contribution is -2.03. The van der Waals surface area contributed by atoms with Crippen LogP contribution in [0.1, 0.15) is 15.2 Å². The standard InChI is InChI=1S/C12H8BrCl2NOS/c13-7-3-8(18-5-7)4-11(17)6-1-9(14)12(16)10(15)2-6/h1-3,5H,4,16H2.